The highest BCUT2D eigenvalue weighted by Crippen LogP contribution is 2.39. The lowest BCUT2D eigenvalue weighted by molar-refractivity contribution is -0.208. The van der Waals surface area contributed by atoms with Crippen LogP contribution in [-0.2, 0) is 61.9 Å². The molecule has 4 heterocycles. The molecule has 11 atom stereocenters. The summed E-state index contributed by atoms with van der Waals surface area (Å²) in [6.07, 6.45) is -4.52. The van der Waals surface area contributed by atoms with E-state index in [0.717, 1.165) is 0 Å². The summed E-state index contributed by atoms with van der Waals surface area (Å²) in [5, 5.41) is 13.3. The summed E-state index contributed by atoms with van der Waals surface area (Å²) in [6.45, 7) is 16.5. The van der Waals surface area contributed by atoms with Gasteiger partial charge in [-0.2, -0.15) is 0 Å². The molecule has 19 nitrogen and oxygen atoms in total. The summed E-state index contributed by atoms with van der Waals surface area (Å²) in [4.78, 5) is 77.5. The number of hydrogen-bond acceptors (Lipinski definition) is 14. The number of fused-ring (bicyclic) bond motifs is 2. The van der Waals surface area contributed by atoms with E-state index in [4.69, 9.17) is 33.2 Å². The van der Waals surface area contributed by atoms with Gasteiger partial charge in [-0.25, -0.2) is 9.59 Å². The van der Waals surface area contributed by atoms with Crippen molar-refractivity contribution < 1.29 is 66.7 Å². The van der Waals surface area contributed by atoms with Crippen LogP contribution in [0.2, 0.25) is 0 Å². The fraction of sp³-hybridized carbons (Fsp3) is 0.829. The molecule has 0 aliphatic carbocycles. The second-order valence-corrected chi connectivity index (χ2v) is 16.0. The molecule has 0 bridgehead atoms. The standard InChI is InChI=1S/C35H57N5O14/c1-16(27(43)39-20(13-26(42)37-18(3)29(45)47-11)22-15-24-31(49-22)53-35(9,10)51-24)36-25(41)12-19(21-14-23-30(48-21)52-34(7,8)50-23)40-28(44)17(2)38-32(46)54-33(4,5)6/h16-24,30-31H,12-15H2,1-11H3,(H,36,41)(H,37,42)(H,38,46)(H,39,43)(H,40,44)/t16-,17-,18-,19-,20-,21-,22-,23-,24-,30-,31-/m1/s1. The number of amides is 5. The minimum absolute atomic E-state index is 0.271. The van der Waals surface area contributed by atoms with E-state index >= 15 is 0 Å². The summed E-state index contributed by atoms with van der Waals surface area (Å²) in [6, 6.07) is -4.90. The van der Waals surface area contributed by atoms with E-state index in [-0.39, 0.29) is 12.8 Å². The Labute approximate surface area is 315 Å². The third kappa shape index (κ3) is 11.9. The van der Waals surface area contributed by atoms with Crippen molar-refractivity contribution in [3.63, 3.8) is 0 Å². The molecule has 54 heavy (non-hydrogen) atoms. The van der Waals surface area contributed by atoms with Crippen LogP contribution in [0, 0.1) is 0 Å². The third-order valence-corrected chi connectivity index (χ3v) is 9.02. The van der Waals surface area contributed by atoms with Crippen LogP contribution >= 0.6 is 0 Å². The van der Waals surface area contributed by atoms with Crippen LogP contribution in [0.4, 0.5) is 4.79 Å². The van der Waals surface area contributed by atoms with Crippen molar-refractivity contribution >= 4 is 35.7 Å². The van der Waals surface area contributed by atoms with Gasteiger partial charge in [-0.05, 0) is 69.2 Å². The normalized spacial score (nSPS) is 29.3. The molecular weight excluding hydrogens is 714 g/mol. The van der Waals surface area contributed by atoms with E-state index < -0.39 is 120 Å². The first-order valence-electron chi connectivity index (χ1n) is 18.2. The van der Waals surface area contributed by atoms with Crippen molar-refractivity contribution in [1.82, 2.24) is 26.6 Å². The van der Waals surface area contributed by atoms with Crippen LogP contribution in [0.1, 0.15) is 94.9 Å². The molecule has 0 saturated carbocycles. The highest BCUT2D eigenvalue weighted by Gasteiger charge is 2.52. The minimum Gasteiger partial charge on any atom is -0.467 e. The van der Waals surface area contributed by atoms with Crippen LogP contribution in [0.15, 0.2) is 0 Å². The second-order valence-electron chi connectivity index (χ2n) is 16.0. The average Bonchev–Trinajstić information content (AvgIpc) is 3.74. The summed E-state index contributed by atoms with van der Waals surface area (Å²) in [5.41, 5.74) is -0.786. The van der Waals surface area contributed by atoms with Gasteiger partial charge in [0.1, 0.15) is 35.9 Å². The molecule has 4 aliphatic rings. The zero-order valence-corrected chi connectivity index (χ0v) is 32.9. The zero-order chi connectivity index (χ0) is 40.3. The van der Waals surface area contributed by atoms with Crippen molar-refractivity contribution in [2.45, 2.75) is 179 Å². The lowest BCUT2D eigenvalue weighted by atomic mass is 10.0. The van der Waals surface area contributed by atoms with Crippen LogP contribution in [0.3, 0.4) is 0 Å². The Morgan fingerprint density at radius 1 is 0.648 bits per heavy atom. The minimum atomic E-state index is -1.11. The highest BCUT2D eigenvalue weighted by atomic mass is 16.8. The van der Waals surface area contributed by atoms with Crippen molar-refractivity contribution in [2.24, 2.45) is 0 Å². The average molecular weight is 772 g/mol. The summed E-state index contributed by atoms with van der Waals surface area (Å²) in [5.74, 6) is -4.77. The van der Waals surface area contributed by atoms with Gasteiger partial charge in [0.2, 0.25) is 23.6 Å². The molecular formula is C35H57N5O14. The van der Waals surface area contributed by atoms with Gasteiger partial charge >= 0.3 is 12.1 Å². The number of ether oxygens (including phenoxy) is 8. The number of alkyl carbamates (subject to hydrolysis) is 1. The maximum absolute atomic E-state index is 13.5. The van der Waals surface area contributed by atoms with Gasteiger partial charge in [0, 0.05) is 25.7 Å². The van der Waals surface area contributed by atoms with Crippen molar-refractivity contribution in [1.29, 1.82) is 0 Å². The van der Waals surface area contributed by atoms with Crippen LogP contribution in [-0.4, -0.2) is 127 Å². The van der Waals surface area contributed by atoms with E-state index in [1.165, 1.54) is 27.9 Å². The molecule has 4 aliphatic heterocycles. The molecule has 0 aromatic carbocycles. The number of methoxy groups -OCH3 is 1. The lowest BCUT2D eigenvalue weighted by Gasteiger charge is -2.29. The molecule has 0 radical (unpaired) electrons. The molecule has 4 fully saturated rings. The Hall–Kier alpha value is -3.62. The monoisotopic (exact) mass is 771 g/mol. The number of esters is 1. The van der Waals surface area contributed by atoms with Gasteiger partial charge in [0.05, 0.1) is 31.4 Å². The number of rotatable bonds is 14. The molecule has 0 spiro atoms. The Balaban J connectivity index is 1.40. The van der Waals surface area contributed by atoms with Crippen molar-refractivity contribution in [3.05, 3.63) is 0 Å². The van der Waals surface area contributed by atoms with Crippen LogP contribution in [0.25, 0.3) is 0 Å². The number of carbonyl (C=O) groups is 6. The van der Waals surface area contributed by atoms with E-state index in [1.54, 1.807) is 48.5 Å². The molecule has 0 aromatic rings. The topological polar surface area (TPSA) is 236 Å². The SMILES string of the molecule is COC(=O)[C@@H](C)NC(=O)C[C@@H](NC(=O)[C@@H](C)NC(=O)C[C@@H](NC(=O)[C@@H](C)NC(=O)OC(C)(C)C)[C@H]1C[C@H]2OC(C)(C)O[C@H]2O1)[C@H]1C[C@H]2OC(C)(C)O[C@H]2O1. The number of nitrogens with one attached hydrogen (secondary N) is 5. The first-order chi connectivity index (χ1) is 24.9. The molecule has 5 amide bonds. The van der Waals surface area contributed by atoms with E-state index in [2.05, 4.69) is 31.3 Å². The largest absolute Gasteiger partial charge is 0.467 e. The predicted octanol–water partition coefficient (Wildman–Crippen LogP) is 0.365. The third-order valence-electron chi connectivity index (χ3n) is 9.02. The smallest absolute Gasteiger partial charge is 0.408 e. The Kier molecular flexibility index (Phi) is 13.6. The maximum atomic E-state index is 13.5. The Morgan fingerprint density at radius 2 is 1.06 bits per heavy atom. The molecule has 19 heteroatoms. The molecule has 4 saturated heterocycles. The molecule has 4 rings (SSSR count). The number of carbonyl (C=O) groups excluding carboxylic acids is 6. The van der Waals surface area contributed by atoms with Gasteiger partial charge in [0.15, 0.2) is 24.2 Å². The van der Waals surface area contributed by atoms with Gasteiger partial charge in [0.25, 0.3) is 0 Å². The van der Waals surface area contributed by atoms with E-state index in [0.29, 0.717) is 12.8 Å². The van der Waals surface area contributed by atoms with Crippen molar-refractivity contribution in [2.75, 3.05) is 7.11 Å². The Morgan fingerprint density at radius 3 is 1.44 bits per heavy atom. The molecule has 0 unspecified atom stereocenters. The van der Waals surface area contributed by atoms with E-state index in [9.17, 15) is 28.8 Å². The van der Waals surface area contributed by atoms with Gasteiger partial charge in [-0.1, -0.05) is 0 Å². The highest BCUT2D eigenvalue weighted by molar-refractivity contribution is 5.90. The maximum Gasteiger partial charge on any atom is 0.408 e. The Bertz CT molecular complexity index is 1390. The number of hydrogen-bond donors (Lipinski definition) is 5. The summed E-state index contributed by atoms with van der Waals surface area (Å²) >= 11 is 0. The summed E-state index contributed by atoms with van der Waals surface area (Å²) < 4.78 is 45.5. The first-order valence-corrected chi connectivity index (χ1v) is 18.2. The fourth-order valence-corrected chi connectivity index (χ4v) is 6.61. The van der Waals surface area contributed by atoms with Crippen LogP contribution < -0.4 is 26.6 Å². The van der Waals surface area contributed by atoms with Gasteiger partial charge in [-0.15, -0.1) is 0 Å². The van der Waals surface area contributed by atoms with Gasteiger partial charge < -0.3 is 64.5 Å². The lowest BCUT2D eigenvalue weighted by Crippen LogP contribution is -2.55. The van der Waals surface area contributed by atoms with Crippen LogP contribution in [0.5, 0.6) is 0 Å². The van der Waals surface area contributed by atoms with Crippen molar-refractivity contribution in [3.8, 4) is 0 Å². The first kappa shape index (κ1) is 43.1. The molecule has 306 valence electrons. The predicted molar refractivity (Wildman–Crippen MR) is 186 cm³/mol. The van der Waals surface area contributed by atoms with Gasteiger partial charge in [-0.3, -0.25) is 19.2 Å². The second kappa shape index (κ2) is 17.0. The van der Waals surface area contributed by atoms with E-state index in [1.807, 2.05) is 0 Å². The fourth-order valence-electron chi connectivity index (χ4n) is 6.61. The summed E-state index contributed by atoms with van der Waals surface area (Å²) in [7, 11) is 1.20. The zero-order valence-electron chi connectivity index (χ0n) is 32.9. The molecule has 0 aromatic heterocycles. The molecule has 5 N–H and O–H groups in total. The quantitative estimate of drug-likeness (QED) is 0.150.